The first-order valence-corrected chi connectivity index (χ1v) is 14.3. The summed E-state index contributed by atoms with van der Waals surface area (Å²) >= 11 is 0. The Morgan fingerprint density at radius 1 is 0.667 bits per heavy atom. The molecule has 3 heterocycles. The largest absolute Gasteiger partial charge is 0.310 e. The molecule has 0 radical (unpaired) electrons. The van der Waals surface area contributed by atoms with Crippen molar-refractivity contribution in [2.24, 2.45) is 0 Å². The second-order valence-electron chi connectivity index (χ2n) is 11.5. The van der Waals surface area contributed by atoms with E-state index in [9.17, 15) is 0 Å². The van der Waals surface area contributed by atoms with E-state index < -0.39 is 0 Å². The van der Waals surface area contributed by atoms with Crippen molar-refractivity contribution in [3.63, 3.8) is 0 Å². The molecule has 202 valence electrons. The van der Waals surface area contributed by atoms with Gasteiger partial charge in [0.25, 0.3) is 0 Å². The molecule has 1 saturated heterocycles. The summed E-state index contributed by atoms with van der Waals surface area (Å²) in [6, 6.07) is 18.4. The predicted octanol–water partition coefficient (Wildman–Crippen LogP) is 7.42. The third-order valence-electron chi connectivity index (χ3n) is 8.68. The van der Waals surface area contributed by atoms with Crippen molar-refractivity contribution in [1.82, 2.24) is 20.2 Å². The van der Waals surface area contributed by atoms with Crippen LogP contribution in [0.4, 0.5) is 0 Å². The fraction of sp³-hybridized carbons (Fsp3) is 0.371. The normalized spacial score (nSPS) is 14.6. The molecule has 1 N–H and O–H groups in total. The standard InChI is InChI=1S/C35H42N4/c1-23-15-31(16-24(2)27(23)5)34-19-29(7-11-36-34)21-38-33-9-13-39(14-10-33)22-30-8-12-37-35(20-30)32-17-25(3)28(6)26(4)18-32/h7-8,11-12,15-20,33,38H,9-10,13-14,21-22H2,1-6H3. The van der Waals surface area contributed by atoms with Gasteiger partial charge in [0.2, 0.25) is 0 Å². The van der Waals surface area contributed by atoms with E-state index in [2.05, 4.69) is 110 Å². The van der Waals surface area contributed by atoms with Gasteiger partial charge in [-0.1, -0.05) is 0 Å². The van der Waals surface area contributed by atoms with Crippen LogP contribution in [0.15, 0.2) is 60.9 Å². The maximum Gasteiger partial charge on any atom is 0.0705 e. The quantitative estimate of drug-likeness (QED) is 0.276. The molecule has 1 aliphatic heterocycles. The minimum absolute atomic E-state index is 0.549. The van der Waals surface area contributed by atoms with E-state index in [1.165, 1.54) is 68.5 Å². The second-order valence-corrected chi connectivity index (χ2v) is 11.5. The van der Waals surface area contributed by atoms with Gasteiger partial charge < -0.3 is 5.32 Å². The maximum absolute atomic E-state index is 4.68. The van der Waals surface area contributed by atoms with Gasteiger partial charge in [0.15, 0.2) is 0 Å². The van der Waals surface area contributed by atoms with Crippen molar-refractivity contribution in [3.05, 3.63) is 105 Å². The number of rotatable bonds is 7. The van der Waals surface area contributed by atoms with Crippen LogP contribution in [-0.4, -0.2) is 34.0 Å². The van der Waals surface area contributed by atoms with Crippen LogP contribution in [0.25, 0.3) is 22.5 Å². The highest BCUT2D eigenvalue weighted by atomic mass is 15.1. The van der Waals surface area contributed by atoms with Crippen LogP contribution in [0.3, 0.4) is 0 Å². The molecule has 4 nitrogen and oxygen atoms in total. The Hall–Kier alpha value is -3.34. The van der Waals surface area contributed by atoms with Crippen molar-refractivity contribution < 1.29 is 0 Å². The van der Waals surface area contributed by atoms with Crippen LogP contribution in [0.5, 0.6) is 0 Å². The van der Waals surface area contributed by atoms with Crippen LogP contribution in [-0.2, 0) is 13.1 Å². The first kappa shape index (κ1) is 27.2. The number of benzene rings is 2. The Labute approximate surface area is 234 Å². The SMILES string of the molecule is Cc1cc(-c2cc(CNC3CCN(Cc4ccnc(-c5cc(C)c(C)c(C)c5)c4)CC3)ccn2)cc(C)c1C. The number of aromatic nitrogens is 2. The van der Waals surface area contributed by atoms with Crippen LogP contribution >= 0.6 is 0 Å². The number of aryl methyl sites for hydroxylation is 4. The Bertz CT molecular complexity index is 1420. The Morgan fingerprint density at radius 2 is 1.13 bits per heavy atom. The Balaban J connectivity index is 1.15. The average molecular weight is 519 g/mol. The van der Waals surface area contributed by atoms with Gasteiger partial charge in [-0.15, -0.1) is 0 Å². The Morgan fingerprint density at radius 3 is 1.64 bits per heavy atom. The van der Waals surface area contributed by atoms with Gasteiger partial charge in [-0.3, -0.25) is 14.9 Å². The highest BCUT2D eigenvalue weighted by Crippen LogP contribution is 2.26. The second kappa shape index (κ2) is 11.8. The molecule has 1 fully saturated rings. The molecule has 5 rings (SSSR count). The number of pyridine rings is 2. The topological polar surface area (TPSA) is 41.0 Å². The summed E-state index contributed by atoms with van der Waals surface area (Å²) in [7, 11) is 0. The number of hydrogen-bond acceptors (Lipinski definition) is 4. The van der Waals surface area contributed by atoms with Crippen molar-refractivity contribution >= 4 is 0 Å². The molecule has 4 heteroatoms. The minimum atomic E-state index is 0.549. The maximum atomic E-state index is 4.68. The first-order chi connectivity index (χ1) is 18.8. The summed E-state index contributed by atoms with van der Waals surface area (Å²) in [5.74, 6) is 0. The molecule has 2 aromatic heterocycles. The Kier molecular flexibility index (Phi) is 8.25. The lowest BCUT2D eigenvalue weighted by molar-refractivity contribution is 0.190. The molecule has 0 saturated carbocycles. The zero-order chi connectivity index (χ0) is 27.5. The molecule has 4 aromatic rings. The van der Waals surface area contributed by atoms with E-state index in [0.717, 1.165) is 37.6 Å². The minimum Gasteiger partial charge on any atom is -0.310 e. The molecule has 0 amide bonds. The van der Waals surface area contributed by atoms with Crippen LogP contribution in [0, 0.1) is 41.5 Å². The zero-order valence-corrected chi connectivity index (χ0v) is 24.4. The number of piperidine rings is 1. The number of hydrogen-bond donors (Lipinski definition) is 1. The number of likely N-dealkylation sites (tertiary alicyclic amines) is 1. The van der Waals surface area contributed by atoms with Crippen LogP contribution in [0.1, 0.15) is 57.3 Å². The van der Waals surface area contributed by atoms with Gasteiger partial charge in [0.1, 0.15) is 0 Å². The van der Waals surface area contributed by atoms with Crippen LogP contribution < -0.4 is 5.32 Å². The first-order valence-electron chi connectivity index (χ1n) is 14.3. The van der Waals surface area contributed by atoms with Gasteiger partial charge in [-0.2, -0.15) is 0 Å². The molecule has 0 atom stereocenters. The predicted molar refractivity (Wildman–Crippen MR) is 163 cm³/mol. The lowest BCUT2D eigenvalue weighted by Crippen LogP contribution is -2.41. The zero-order valence-electron chi connectivity index (χ0n) is 24.4. The van der Waals surface area contributed by atoms with Crippen molar-refractivity contribution in [2.45, 2.75) is 73.5 Å². The number of nitrogens with one attached hydrogen (secondary N) is 1. The fourth-order valence-electron chi connectivity index (χ4n) is 5.66. The lowest BCUT2D eigenvalue weighted by Gasteiger charge is -2.32. The van der Waals surface area contributed by atoms with Gasteiger partial charge in [0, 0.05) is 42.7 Å². The van der Waals surface area contributed by atoms with E-state index in [4.69, 9.17) is 0 Å². The monoisotopic (exact) mass is 518 g/mol. The molecular weight excluding hydrogens is 476 g/mol. The summed E-state index contributed by atoms with van der Waals surface area (Å²) < 4.78 is 0. The summed E-state index contributed by atoms with van der Waals surface area (Å²) in [5, 5.41) is 3.81. The molecular formula is C35H42N4. The summed E-state index contributed by atoms with van der Waals surface area (Å²) in [6.07, 6.45) is 6.25. The molecule has 1 aliphatic rings. The van der Waals surface area contributed by atoms with E-state index in [1.54, 1.807) is 0 Å². The third kappa shape index (κ3) is 6.46. The van der Waals surface area contributed by atoms with Gasteiger partial charge in [0.05, 0.1) is 11.4 Å². The smallest absolute Gasteiger partial charge is 0.0705 e. The molecule has 39 heavy (non-hydrogen) atoms. The highest BCUT2D eigenvalue weighted by molar-refractivity contribution is 5.64. The molecule has 0 unspecified atom stereocenters. The molecule has 0 bridgehead atoms. The van der Waals surface area contributed by atoms with Gasteiger partial charge in [-0.05, 0) is 161 Å². The van der Waals surface area contributed by atoms with Gasteiger partial charge >= 0.3 is 0 Å². The van der Waals surface area contributed by atoms with E-state index >= 15 is 0 Å². The van der Waals surface area contributed by atoms with Crippen LogP contribution in [0.2, 0.25) is 0 Å². The summed E-state index contributed by atoms with van der Waals surface area (Å²) in [6.45, 7) is 17.2. The van der Waals surface area contributed by atoms with E-state index in [0.29, 0.717) is 6.04 Å². The average Bonchev–Trinajstić information content (AvgIpc) is 2.94. The molecule has 2 aromatic carbocycles. The van der Waals surface area contributed by atoms with Gasteiger partial charge in [-0.25, -0.2) is 0 Å². The van der Waals surface area contributed by atoms with Crippen molar-refractivity contribution in [2.75, 3.05) is 13.1 Å². The number of nitrogens with zero attached hydrogens (tertiary/aromatic N) is 3. The fourth-order valence-corrected chi connectivity index (χ4v) is 5.66. The lowest BCUT2D eigenvalue weighted by atomic mass is 9.98. The van der Waals surface area contributed by atoms with E-state index in [-0.39, 0.29) is 0 Å². The third-order valence-corrected chi connectivity index (χ3v) is 8.68. The molecule has 0 spiro atoms. The highest BCUT2D eigenvalue weighted by Gasteiger charge is 2.19. The van der Waals surface area contributed by atoms with Crippen molar-refractivity contribution in [1.29, 1.82) is 0 Å². The summed E-state index contributed by atoms with van der Waals surface area (Å²) in [4.78, 5) is 11.9. The summed E-state index contributed by atoms with van der Waals surface area (Å²) in [5.41, 5.74) is 15.2. The van der Waals surface area contributed by atoms with Crippen molar-refractivity contribution in [3.8, 4) is 22.5 Å². The van der Waals surface area contributed by atoms with E-state index in [1.807, 2.05) is 12.4 Å². The molecule has 0 aliphatic carbocycles.